The van der Waals surface area contributed by atoms with Crippen molar-refractivity contribution in [3.8, 4) is 0 Å². The van der Waals surface area contributed by atoms with Crippen molar-refractivity contribution in [1.82, 2.24) is 4.90 Å². The number of benzene rings is 1. The highest BCUT2D eigenvalue weighted by Crippen LogP contribution is 2.35. The SMILES string of the molecule is Cc1ccc(C(O)CCN(CC2CC2)C2CC2)cc1. The summed E-state index contributed by atoms with van der Waals surface area (Å²) in [7, 11) is 0. The highest BCUT2D eigenvalue weighted by atomic mass is 16.3. The van der Waals surface area contributed by atoms with Crippen LogP contribution in [0.1, 0.15) is 49.3 Å². The number of aryl methyl sites for hydroxylation is 1. The molecule has 0 heterocycles. The second-order valence-corrected chi connectivity index (χ2v) is 6.38. The topological polar surface area (TPSA) is 23.5 Å². The smallest absolute Gasteiger partial charge is 0.0802 e. The first kappa shape index (κ1) is 13.1. The van der Waals surface area contributed by atoms with Crippen molar-refractivity contribution >= 4 is 0 Å². The molecule has 2 fully saturated rings. The molecule has 2 nitrogen and oxygen atoms in total. The van der Waals surface area contributed by atoms with Gasteiger partial charge >= 0.3 is 0 Å². The number of aliphatic hydroxyl groups is 1. The molecule has 0 aliphatic heterocycles. The van der Waals surface area contributed by atoms with Crippen LogP contribution in [-0.4, -0.2) is 29.1 Å². The van der Waals surface area contributed by atoms with Crippen molar-refractivity contribution < 1.29 is 5.11 Å². The Kier molecular flexibility index (Phi) is 3.90. The zero-order valence-corrected chi connectivity index (χ0v) is 11.9. The van der Waals surface area contributed by atoms with Gasteiger partial charge in [-0.05, 0) is 50.5 Å². The van der Waals surface area contributed by atoms with Gasteiger partial charge in [0.2, 0.25) is 0 Å². The van der Waals surface area contributed by atoms with Gasteiger partial charge in [0.25, 0.3) is 0 Å². The van der Waals surface area contributed by atoms with Gasteiger partial charge in [0.05, 0.1) is 6.10 Å². The quantitative estimate of drug-likeness (QED) is 0.812. The van der Waals surface area contributed by atoms with Gasteiger partial charge in [0, 0.05) is 19.1 Å². The van der Waals surface area contributed by atoms with Crippen LogP contribution in [0.3, 0.4) is 0 Å². The van der Waals surface area contributed by atoms with Crippen LogP contribution >= 0.6 is 0 Å². The summed E-state index contributed by atoms with van der Waals surface area (Å²) in [6.45, 7) is 4.40. The fraction of sp³-hybridized carbons (Fsp3) is 0.647. The second kappa shape index (κ2) is 5.64. The van der Waals surface area contributed by atoms with Crippen molar-refractivity contribution in [3.05, 3.63) is 35.4 Å². The Balaban J connectivity index is 1.50. The second-order valence-electron chi connectivity index (χ2n) is 6.38. The lowest BCUT2D eigenvalue weighted by Crippen LogP contribution is -2.30. The number of nitrogens with zero attached hydrogens (tertiary/aromatic N) is 1. The van der Waals surface area contributed by atoms with Crippen LogP contribution in [0.2, 0.25) is 0 Å². The third-order valence-electron chi connectivity index (χ3n) is 4.40. The lowest BCUT2D eigenvalue weighted by molar-refractivity contribution is 0.137. The van der Waals surface area contributed by atoms with Crippen molar-refractivity contribution in [3.63, 3.8) is 0 Å². The first-order valence-corrected chi connectivity index (χ1v) is 7.71. The summed E-state index contributed by atoms with van der Waals surface area (Å²) >= 11 is 0. The number of aliphatic hydroxyl groups excluding tert-OH is 1. The number of hydrogen-bond donors (Lipinski definition) is 1. The molecule has 2 heteroatoms. The molecular formula is C17H25NO. The largest absolute Gasteiger partial charge is 0.388 e. The van der Waals surface area contributed by atoms with Gasteiger partial charge in [0.15, 0.2) is 0 Å². The molecule has 1 unspecified atom stereocenters. The van der Waals surface area contributed by atoms with Crippen molar-refractivity contribution in [2.45, 2.75) is 51.2 Å². The molecule has 2 saturated carbocycles. The molecule has 0 amide bonds. The zero-order chi connectivity index (χ0) is 13.2. The summed E-state index contributed by atoms with van der Waals surface area (Å²) in [5.41, 5.74) is 2.32. The Labute approximate surface area is 116 Å². The van der Waals surface area contributed by atoms with Crippen LogP contribution in [0.15, 0.2) is 24.3 Å². The van der Waals surface area contributed by atoms with E-state index in [1.165, 1.54) is 37.8 Å². The van der Waals surface area contributed by atoms with Gasteiger partial charge in [-0.25, -0.2) is 0 Å². The predicted molar refractivity (Wildman–Crippen MR) is 78.1 cm³/mol. The average Bonchev–Trinajstić information content (AvgIpc) is 3.27. The minimum absolute atomic E-state index is 0.305. The first-order chi connectivity index (χ1) is 9.22. The van der Waals surface area contributed by atoms with E-state index >= 15 is 0 Å². The van der Waals surface area contributed by atoms with Gasteiger partial charge < -0.3 is 10.0 Å². The normalized spacial score (nSPS) is 20.8. The van der Waals surface area contributed by atoms with Crippen LogP contribution < -0.4 is 0 Å². The molecule has 0 radical (unpaired) electrons. The number of hydrogen-bond acceptors (Lipinski definition) is 2. The van der Waals surface area contributed by atoms with E-state index in [0.29, 0.717) is 0 Å². The molecule has 1 aromatic rings. The van der Waals surface area contributed by atoms with E-state index in [9.17, 15) is 5.11 Å². The Morgan fingerprint density at radius 2 is 1.84 bits per heavy atom. The standard InChI is InChI=1S/C17H25NO/c1-13-2-6-15(7-3-13)17(19)10-11-18(16-8-9-16)12-14-4-5-14/h2-3,6-7,14,16-17,19H,4-5,8-12H2,1H3. The van der Waals surface area contributed by atoms with E-state index in [0.717, 1.165) is 30.5 Å². The molecule has 2 aliphatic carbocycles. The maximum absolute atomic E-state index is 10.3. The van der Waals surface area contributed by atoms with Crippen LogP contribution in [0.4, 0.5) is 0 Å². The third-order valence-corrected chi connectivity index (χ3v) is 4.40. The Bertz CT molecular complexity index is 406. The van der Waals surface area contributed by atoms with Gasteiger partial charge in [0.1, 0.15) is 0 Å². The van der Waals surface area contributed by atoms with Gasteiger partial charge in [-0.3, -0.25) is 0 Å². The van der Waals surface area contributed by atoms with Crippen LogP contribution in [0.5, 0.6) is 0 Å². The average molecular weight is 259 g/mol. The van der Waals surface area contributed by atoms with Gasteiger partial charge in [-0.2, -0.15) is 0 Å². The Morgan fingerprint density at radius 1 is 1.16 bits per heavy atom. The summed E-state index contributed by atoms with van der Waals surface area (Å²) in [4.78, 5) is 2.62. The summed E-state index contributed by atoms with van der Waals surface area (Å²) in [5.74, 6) is 0.956. The lowest BCUT2D eigenvalue weighted by Gasteiger charge is -2.23. The monoisotopic (exact) mass is 259 g/mol. The summed E-state index contributed by atoms with van der Waals surface area (Å²) in [5, 5.41) is 10.3. The highest BCUT2D eigenvalue weighted by Gasteiger charge is 2.33. The van der Waals surface area contributed by atoms with Crippen LogP contribution in [0, 0.1) is 12.8 Å². The van der Waals surface area contributed by atoms with E-state index in [2.05, 4.69) is 36.1 Å². The third kappa shape index (κ3) is 3.80. The summed E-state index contributed by atoms with van der Waals surface area (Å²) in [6, 6.07) is 9.11. The van der Waals surface area contributed by atoms with E-state index in [4.69, 9.17) is 0 Å². The van der Waals surface area contributed by atoms with Gasteiger partial charge in [-0.1, -0.05) is 29.8 Å². The molecule has 1 aromatic carbocycles. The summed E-state index contributed by atoms with van der Waals surface area (Å²) < 4.78 is 0. The molecular weight excluding hydrogens is 234 g/mol. The minimum Gasteiger partial charge on any atom is -0.388 e. The first-order valence-electron chi connectivity index (χ1n) is 7.71. The highest BCUT2D eigenvalue weighted by molar-refractivity contribution is 5.23. The van der Waals surface area contributed by atoms with Crippen molar-refractivity contribution in [1.29, 1.82) is 0 Å². The molecule has 104 valence electrons. The zero-order valence-electron chi connectivity index (χ0n) is 11.9. The Morgan fingerprint density at radius 3 is 2.42 bits per heavy atom. The molecule has 0 bridgehead atoms. The maximum Gasteiger partial charge on any atom is 0.0802 e. The molecule has 19 heavy (non-hydrogen) atoms. The maximum atomic E-state index is 10.3. The molecule has 2 aliphatic rings. The van der Waals surface area contributed by atoms with E-state index < -0.39 is 0 Å². The Hall–Kier alpha value is -0.860. The molecule has 1 atom stereocenters. The predicted octanol–water partition coefficient (Wildman–Crippen LogP) is 3.29. The fourth-order valence-electron chi connectivity index (χ4n) is 2.74. The minimum atomic E-state index is -0.305. The molecule has 1 N–H and O–H groups in total. The van der Waals surface area contributed by atoms with E-state index in [-0.39, 0.29) is 6.10 Å². The van der Waals surface area contributed by atoms with Crippen LogP contribution in [0.25, 0.3) is 0 Å². The molecule has 0 aromatic heterocycles. The summed E-state index contributed by atoms with van der Waals surface area (Å²) in [6.07, 6.45) is 6.14. The lowest BCUT2D eigenvalue weighted by atomic mass is 10.0. The fourth-order valence-corrected chi connectivity index (χ4v) is 2.74. The van der Waals surface area contributed by atoms with Crippen molar-refractivity contribution in [2.24, 2.45) is 5.92 Å². The van der Waals surface area contributed by atoms with Crippen LogP contribution in [-0.2, 0) is 0 Å². The molecule has 3 rings (SSSR count). The van der Waals surface area contributed by atoms with E-state index in [1.54, 1.807) is 0 Å². The number of rotatable bonds is 7. The molecule has 0 saturated heterocycles. The molecule has 0 spiro atoms. The van der Waals surface area contributed by atoms with E-state index in [1.807, 2.05) is 0 Å². The van der Waals surface area contributed by atoms with Crippen molar-refractivity contribution in [2.75, 3.05) is 13.1 Å². The van der Waals surface area contributed by atoms with Gasteiger partial charge in [-0.15, -0.1) is 0 Å².